The molecule has 8 nitrogen and oxygen atoms in total. The van der Waals surface area contributed by atoms with E-state index < -0.39 is 15.8 Å². The summed E-state index contributed by atoms with van der Waals surface area (Å²) in [6, 6.07) is 10.3. The zero-order valence-electron chi connectivity index (χ0n) is 17.1. The summed E-state index contributed by atoms with van der Waals surface area (Å²) in [4.78, 5) is 25.2. The zero-order valence-corrected chi connectivity index (χ0v) is 18.8. The van der Waals surface area contributed by atoms with Gasteiger partial charge in [-0.05, 0) is 42.8 Å². The molecular weight excluding hydrogens is 453 g/mol. The lowest BCUT2D eigenvalue weighted by molar-refractivity contribution is -0.131. The van der Waals surface area contributed by atoms with Gasteiger partial charge in [-0.15, -0.1) is 11.3 Å². The molecule has 0 radical (unpaired) electrons. The topological polar surface area (TPSA) is 95.5 Å². The van der Waals surface area contributed by atoms with E-state index in [-0.39, 0.29) is 15.9 Å². The van der Waals surface area contributed by atoms with E-state index in [0.29, 0.717) is 31.6 Å². The number of nitrogens with zero attached hydrogens (tertiary/aromatic N) is 4. The van der Waals surface area contributed by atoms with Gasteiger partial charge in [-0.3, -0.25) is 9.52 Å². The molecule has 0 saturated carbocycles. The third kappa shape index (κ3) is 5.40. The number of halogens is 1. The van der Waals surface area contributed by atoms with Crippen molar-refractivity contribution in [3.63, 3.8) is 0 Å². The highest BCUT2D eigenvalue weighted by molar-refractivity contribution is 7.93. The Bertz CT molecular complexity index is 1160. The fraction of sp³-hybridized carbons (Fsp3) is 0.286. The van der Waals surface area contributed by atoms with Crippen LogP contribution in [-0.2, 0) is 21.2 Å². The molecule has 11 heteroatoms. The van der Waals surface area contributed by atoms with Gasteiger partial charge < -0.3 is 9.80 Å². The maximum atomic E-state index is 13.0. The molecule has 3 aromatic rings. The van der Waals surface area contributed by atoms with Crippen molar-refractivity contribution >= 4 is 38.2 Å². The summed E-state index contributed by atoms with van der Waals surface area (Å²) < 4.78 is 40.2. The first-order valence-corrected chi connectivity index (χ1v) is 12.4. The summed E-state index contributed by atoms with van der Waals surface area (Å²) in [5.74, 6) is 0.452. The number of hydrogen-bond acceptors (Lipinski definition) is 7. The molecule has 0 bridgehead atoms. The maximum Gasteiger partial charge on any atom is 0.263 e. The number of carbonyl (C=O) groups excluding carboxylic acids is 1. The van der Waals surface area contributed by atoms with Crippen molar-refractivity contribution < 1.29 is 17.6 Å². The lowest BCUT2D eigenvalue weighted by Gasteiger charge is -2.35. The molecule has 1 N–H and O–H groups in total. The minimum Gasteiger partial charge on any atom is -0.353 e. The summed E-state index contributed by atoms with van der Waals surface area (Å²) in [5, 5.41) is 1.94. The predicted molar refractivity (Wildman–Crippen MR) is 121 cm³/mol. The first kappa shape index (κ1) is 22.2. The Labute approximate surface area is 189 Å². The van der Waals surface area contributed by atoms with E-state index in [1.807, 2.05) is 23.1 Å². The van der Waals surface area contributed by atoms with E-state index in [2.05, 4.69) is 19.6 Å². The number of hydrogen-bond donors (Lipinski definition) is 1. The quantitative estimate of drug-likeness (QED) is 0.565. The van der Waals surface area contributed by atoms with Gasteiger partial charge in [-0.2, -0.15) is 0 Å². The summed E-state index contributed by atoms with van der Waals surface area (Å²) in [6.45, 7) is 2.73. The number of pyridine rings is 1. The summed E-state index contributed by atoms with van der Waals surface area (Å²) in [7, 11) is -3.85. The molecule has 168 valence electrons. The number of amides is 1. The molecule has 1 fully saturated rings. The van der Waals surface area contributed by atoms with Gasteiger partial charge in [-0.1, -0.05) is 6.07 Å². The Kier molecular flexibility index (Phi) is 6.66. The number of aryl methyl sites for hydroxylation is 1. The number of piperazine rings is 1. The number of aromatic nitrogens is 2. The molecule has 2 aromatic heterocycles. The van der Waals surface area contributed by atoms with Crippen LogP contribution in [0.5, 0.6) is 0 Å². The van der Waals surface area contributed by atoms with Gasteiger partial charge in [0.05, 0.1) is 10.6 Å². The van der Waals surface area contributed by atoms with Crippen molar-refractivity contribution in [2.24, 2.45) is 0 Å². The van der Waals surface area contributed by atoms with Crippen LogP contribution >= 0.6 is 11.3 Å². The van der Waals surface area contributed by atoms with Crippen LogP contribution in [0.2, 0.25) is 0 Å². The van der Waals surface area contributed by atoms with Crippen molar-refractivity contribution in [1.82, 2.24) is 14.9 Å². The summed E-state index contributed by atoms with van der Waals surface area (Å²) >= 11 is 1.15. The highest BCUT2D eigenvalue weighted by Gasteiger charge is 2.22. The average Bonchev–Trinajstić information content (AvgIpc) is 3.25. The number of nitrogens with one attached hydrogen (secondary N) is 1. The van der Waals surface area contributed by atoms with Crippen LogP contribution in [0.1, 0.15) is 12.1 Å². The largest absolute Gasteiger partial charge is 0.353 e. The number of anilines is 2. The van der Waals surface area contributed by atoms with Crippen molar-refractivity contribution in [3.8, 4) is 0 Å². The molecule has 1 amide bonds. The smallest absolute Gasteiger partial charge is 0.263 e. The number of benzene rings is 1. The number of rotatable bonds is 7. The Morgan fingerprint density at radius 3 is 2.53 bits per heavy atom. The van der Waals surface area contributed by atoms with Crippen LogP contribution in [0, 0.1) is 5.82 Å². The van der Waals surface area contributed by atoms with E-state index in [1.165, 1.54) is 12.1 Å². The van der Waals surface area contributed by atoms with Crippen molar-refractivity contribution in [2.45, 2.75) is 17.7 Å². The Balaban J connectivity index is 1.27. The third-order valence-electron chi connectivity index (χ3n) is 5.10. The Morgan fingerprint density at radius 2 is 1.84 bits per heavy atom. The maximum absolute atomic E-state index is 13.0. The van der Waals surface area contributed by atoms with Crippen LogP contribution in [0.3, 0.4) is 0 Å². The predicted octanol–water partition coefficient (Wildman–Crippen LogP) is 2.76. The molecule has 1 saturated heterocycles. The van der Waals surface area contributed by atoms with Gasteiger partial charge in [0.25, 0.3) is 10.0 Å². The average molecular weight is 476 g/mol. The van der Waals surface area contributed by atoms with Crippen LogP contribution in [-0.4, -0.2) is 55.4 Å². The second-order valence-corrected chi connectivity index (χ2v) is 9.80. The number of thiazole rings is 1. The van der Waals surface area contributed by atoms with E-state index in [0.717, 1.165) is 42.4 Å². The SMILES string of the molecule is O=C(CCc1csc(NS(=O)(=O)c2ccc(F)cc2)n1)N1CCN(c2ccccn2)CC1. The monoisotopic (exact) mass is 475 g/mol. The third-order valence-corrected chi connectivity index (χ3v) is 7.39. The van der Waals surface area contributed by atoms with Crippen molar-refractivity contribution in [1.29, 1.82) is 0 Å². The lowest BCUT2D eigenvalue weighted by Crippen LogP contribution is -2.49. The van der Waals surface area contributed by atoms with Gasteiger partial charge in [-0.25, -0.2) is 22.8 Å². The molecule has 1 aliphatic heterocycles. The first-order chi connectivity index (χ1) is 15.4. The summed E-state index contributed by atoms with van der Waals surface area (Å²) in [6.07, 6.45) is 2.49. The molecule has 4 rings (SSSR count). The van der Waals surface area contributed by atoms with E-state index in [1.54, 1.807) is 11.6 Å². The molecule has 1 aliphatic rings. The fourth-order valence-corrected chi connectivity index (χ4v) is 5.37. The summed E-state index contributed by atoms with van der Waals surface area (Å²) in [5.41, 5.74) is 0.646. The standard InChI is InChI=1S/C21H22FN5O3S2/c22-16-4-7-18(8-5-16)32(29,30)25-21-24-17(15-31-21)6-9-20(28)27-13-11-26(12-14-27)19-3-1-2-10-23-19/h1-5,7-8,10,15H,6,9,11-14H2,(H,24,25). The van der Waals surface area contributed by atoms with Gasteiger partial charge in [0.2, 0.25) is 5.91 Å². The first-order valence-electron chi connectivity index (χ1n) is 10.1. The van der Waals surface area contributed by atoms with Gasteiger partial charge in [0.15, 0.2) is 5.13 Å². The van der Waals surface area contributed by atoms with Crippen LogP contribution in [0.15, 0.2) is 58.9 Å². The second-order valence-electron chi connectivity index (χ2n) is 7.26. The van der Waals surface area contributed by atoms with Crippen LogP contribution < -0.4 is 9.62 Å². The molecule has 0 spiro atoms. The van der Waals surface area contributed by atoms with Gasteiger partial charge >= 0.3 is 0 Å². The minimum absolute atomic E-state index is 0.0457. The fourth-order valence-electron chi connectivity index (χ4n) is 3.38. The van der Waals surface area contributed by atoms with E-state index in [9.17, 15) is 17.6 Å². The normalized spacial score (nSPS) is 14.4. The van der Waals surface area contributed by atoms with Crippen LogP contribution in [0.25, 0.3) is 0 Å². The van der Waals surface area contributed by atoms with Crippen LogP contribution in [0.4, 0.5) is 15.3 Å². The van der Waals surface area contributed by atoms with E-state index >= 15 is 0 Å². The van der Waals surface area contributed by atoms with E-state index in [4.69, 9.17) is 0 Å². The molecular formula is C21H22FN5O3S2. The zero-order chi connectivity index (χ0) is 22.6. The van der Waals surface area contributed by atoms with Gasteiger partial charge in [0, 0.05) is 44.2 Å². The molecule has 32 heavy (non-hydrogen) atoms. The minimum atomic E-state index is -3.85. The molecule has 0 atom stereocenters. The van der Waals surface area contributed by atoms with Gasteiger partial charge in [0.1, 0.15) is 11.6 Å². The highest BCUT2D eigenvalue weighted by Crippen LogP contribution is 2.21. The molecule has 3 heterocycles. The Morgan fingerprint density at radius 1 is 1.09 bits per heavy atom. The Hall–Kier alpha value is -3.05. The number of sulfonamides is 1. The molecule has 1 aromatic carbocycles. The second kappa shape index (κ2) is 9.61. The van der Waals surface area contributed by atoms with Crippen molar-refractivity contribution in [2.75, 3.05) is 35.8 Å². The molecule has 0 unspecified atom stereocenters. The number of carbonyl (C=O) groups is 1. The van der Waals surface area contributed by atoms with Crippen molar-refractivity contribution in [3.05, 3.63) is 65.6 Å². The molecule has 0 aliphatic carbocycles. The highest BCUT2D eigenvalue weighted by atomic mass is 32.2. The lowest BCUT2D eigenvalue weighted by atomic mass is 10.2.